The molecular weight excluding hydrogens is 625 g/mol. The fourth-order valence-electron chi connectivity index (χ4n) is 5.19. The minimum absolute atomic E-state index is 0.0262. The average molecular weight is 700 g/mol. The van der Waals surface area contributed by atoms with Gasteiger partial charge in [0, 0.05) is 13.0 Å². The maximum atomic E-state index is 12.5. The molecule has 0 heterocycles. The van der Waals surface area contributed by atoms with Gasteiger partial charge in [-0.1, -0.05) is 122 Å². The summed E-state index contributed by atoms with van der Waals surface area (Å²) in [5, 5.41) is 0. The van der Waals surface area contributed by atoms with E-state index in [0.29, 0.717) is 6.42 Å². The van der Waals surface area contributed by atoms with E-state index < -0.39 is 13.9 Å². The van der Waals surface area contributed by atoms with Crippen molar-refractivity contribution in [3.05, 3.63) is 36.6 Å². The molecule has 48 heavy (non-hydrogen) atoms. The highest BCUT2D eigenvalue weighted by atomic mass is 31.2. The zero-order chi connectivity index (χ0) is 35.2. The number of hydrogen-bond acceptors (Lipinski definition) is 7. The number of allylic oxidation sites excluding steroid dienone is 5. The number of unbranched alkanes of at least 4 members (excludes halogenated alkanes) is 20. The molecule has 0 aliphatic carbocycles. The van der Waals surface area contributed by atoms with Crippen LogP contribution in [0.3, 0.4) is 0 Å². The van der Waals surface area contributed by atoms with Crippen molar-refractivity contribution in [3.63, 3.8) is 0 Å². The Labute approximate surface area is 295 Å². The maximum Gasteiger partial charge on any atom is 0.472 e. The molecule has 0 aromatic heterocycles. The highest BCUT2D eigenvalue weighted by Gasteiger charge is 2.25. The number of hydrogen-bond donors (Lipinski definition) is 2. The molecule has 0 saturated carbocycles. The minimum atomic E-state index is -4.29. The van der Waals surface area contributed by atoms with E-state index in [-0.39, 0.29) is 32.3 Å². The Hall–Kier alpha value is -1.44. The number of rotatable bonds is 37. The van der Waals surface area contributed by atoms with Crippen LogP contribution in [0.5, 0.6) is 0 Å². The SMILES string of the molecule is CCCCCC/C=C/CCCCCCCC/C=C/OCC(COP(=O)(O)OCCN)OC(=O)CCCCCCC/C=C/CCCCCC. The zero-order valence-electron chi connectivity index (χ0n) is 31.0. The van der Waals surface area contributed by atoms with Crippen LogP contribution in [0.1, 0.15) is 174 Å². The molecule has 9 heteroatoms. The van der Waals surface area contributed by atoms with Crippen molar-refractivity contribution in [1.82, 2.24) is 0 Å². The molecule has 8 nitrogen and oxygen atoms in total. The van der Waals surface area contributed by atoms with Gasteiger partial charge in [0.05, 0.1) is 19.5 Å². The lowest BCUT2D eigenvalue weighted by Crippen LogP contribution is -2.27. The summed E-state index contributed by atoms with van der Waals surface area (Å²) in [6.45, 7) is 4.19. The highest BCUT2D eigenvalue weighted by Crippen LogP contribution is 2.43. The van der Waals surface area contributed by atoms with Gasteiger partial charge in [0.15, 0.2) is 6.10 Å². The molecule has 0 amide bonds. The molecule has 2 unspecified atom stereocenters. The lowest BCUT2D eigenvalue weighted by molar-refractivity contribution is -0.153. The largest absolute Gasteiger partial charge is 0.498 e. The fourth-order valence-corrected chi connectivity index (χ4v) is 5.95. The number of phosphoric ester groups is 1. The standard InChI is InChI=1S/C39H74NO7P/c1-3-5-7-9-11-13-15-17-18-19-21-23-25-27-29-31-34-44-36-38(37-46-48(42,43)45-35-33-40)47-39(41)32-30-28-26-24-22-20-16-14-12-10-8-6-4-2/h13-16,31,34,38H,3-12,17-30,32-33,35-37,40H2,1-2H3,(H,42,43)/b15-13+,16-14+,34-31+. The van der Waals surface area contributed by atoms with Gasteiger partial charge in [0.1, 0.15) is 6.61 Å². The van der Waals surface area contributed by atoms with Crippen LogP contribution in [0, 0.1) is 0 Å². The molecule has 2 atom stereocenters. The van der Waals surface area contributed by atoms with Gasteiger partial charge < -0.3 is 20.1 Å². The van der Waals surface area contributed by atoms with Crippen molar-refractivity contribution in [2.45, 2.75) is 180 Å². The average Bonchev–Trinajstić information content (AvgIpc) is 3.07. The monoisotopic (exact) mass is 700 g/mol. The first-order valence-corrected chi connectivity index (χ1v) is 21.0. The minimum Gasteiger partial charge on any atom is -0.498 e. The highest BCUT2D eigenvalue weighted by molar-refractivity contribution is 7.47. The van der Waals surface area contributed by atoms with Crippen molar-refractivity contribution in [3.8, 4) is 0 Å². The van der Waals surface area contributed by atoms with Gasteiger partial charge in [0.2, 0.25) is 0 Å². The molecule has 0 aromatic carbocycles. The third-order valence-electron chi connectivity index (χ3n) is 8.09. The molecule has 0 bridgehead atoms. The Morgan fingerprint density at radius 3 is 1.54 bits per heavy atom. The number of carbonyl (C=O) groups excluding carboxylic acids is 1. The van der Waals surface area contributed by atoms with E-state index in [1.807, 2.05) is 6.08 Å². The predicted octanol–water partition coefficient (Wildman–Crippen LogP) is 11.4. The Bertz CT molecular complexity index is 833. The topological polar surface area (TPSA) is 117 Å². The van der Waals surface area contributed by atoms with Gasteiger partial charge in [-0.15, -0.1) is 0 Å². The Balaban J connectivity index is 4.15. The van der Waals surface area contributed by atoms with Crippen LogP contribution < -0.4 is 5.73 Å². The number of ether oxygens (including phenoxy) is 2. The van der Waals surface area contributed by atoms with E-state index >= 15 is 0 Å². The third kappa shape index (κ3) is 35.9. The van der Waals surface area contributed by atoms with Crippen LogP contribution in [0.25, 0.3) is 0 Å². The lowest BCUT2D eigenvalue weighted by Gasteiger charge is -2.19. The molecule has 3 N–H and O–H groups in total. The summed E-state index contributed by atoms with van der Waals surface area (Å²) in [6, 6.07) is 0. The summed E-state index contributed by atoms with van der Waals surface area (Å²) in [5.41, 5.74) is 5.35. The molecule has 0 aromatic rings. The van der Waals surface area contributed by atoms with Gasteiger partial charge in [-0.3, -0.25) is 13.8 Å². The Kier molecular flexibility index (Phi) is 35.7. The van der Waals surface area contributed by atoms with Gasteiger partial charge in [-0.2, -0.15) is 0 Å². The number of esters is 1. The third-order valence-corrected chi connectivity index (χ3v) is 9.08. The first-order chi connectivity index (χ1) is 23.4. The van der Waals surface area contributed by atoms with Crippen LogP contribution in [-0.2, 0) is 27.9 Å². The number of carbonyl (C=O) groups is 1. The van der Waals surface area contributed by atoms with Gasteiger partial charge in [0.25, 0.3) is 0 Å². The van der Waals surface area contributed by atoms with Gasteiger partial charge in [-0.05, 0) is 76.7 Å². The molecular formula is C39H74NO7P. The number of phosphoric acid groups is 1. The second-order valence-corrected chi connectivity index (χ2v) is 14.3. The van der Waals surface area contributed by atoms with Crippen LogP contribution in [0.15, 0.2) is 36.6 Å². The van der Waals surface area contributed by atoms with E-state index in [0.717, 1.165) is 44.9 Å². The van der Waals surface area contributed by atoms with E-state index in [1.54, 1.807) is 6.26 Å². The second-order valence-electron chi connectivity index (χ2n) is 12.8. The molecule has 282 valence electrons. The summed E-state index contributed by atoms with van der Waals surface area (Å²) in [4.78, 5) is 22.3. The van der Waals surface area contributed by atoms with Crippen molar-refractivity contribution < 1.29 is 32.8 Å². The summed E-state index contributed by atoms with van der Waals surface area (Å²) < 4.78 is 33.0. The molecule has 0 rings (SSSR count). The normalized spacial score (nSPS) is 13.9. The predicted molar refractivity (Wildman–Crippen MR) is 201 cm³/mol. The van der Waals surface area contributed by atoms with Crippen molar-refractivity contribution in [2.24, 2.45) is 5.73 Å². The van der Waals surface area contributed by atoms with Crippen LogP contribution in [0.2, 0.25) is 0 Å². The van der Waals surface area contributed by atoms with Gasteiger partial charge in [-0.25, -0.2) is 4.57 Å². The maximum absolute atomic E-state index is 12.5. The summed E-state index contributed by atoms with van der Waals surface area (Å²) >= 11 is 0. The van der Waals surface area contributed by atoms with Gasteiger partial charge >= 0.3 is 13.8 Å². The second kappa shape index (κ2) is 36.8. The molecule has 0 fully saturated rings. The lowest BCUT2D eigenvalue weighted by atomic mass is 10.1. The first kappa shape index (κ1) is 46.6. The summed E-state index contributed by atoms with van der Waals surface area (Å²) in [7, 11) is -4.29. The van der Waals surface area contributed by atoms with Crippen molar-refractivity contribution >= 4 is 13.8 Å². The molecule has 0 saturated heterocycles. The smallest absolute Gasteiger partial charge is 0.472 e. The summed E-state index contributed by atoms with van der Waals surface area (Å²) in [5.74, 6) is -0.365. The van der Waals surface area contributed by atoms with Crippen LogP contribution in [-0.4, -0.2) is 43.3 Å². The van der Waals surface area contributed by atoms with Crippen molar-refractivity contribution in [1.29, 1.82) is 0 Å². The van der Waals surface area contributed by atoms with Crippen molar-refractivity contribution in [2.75, 3.05) is 26.4 Å². The zero-order valence-corrected chi connectivity index (χ0v) is 31.9. The molecule has 0 aliphatic heterocycles. The van der Waals surface area contributed by atoms with E-state index in [9.17, 15) is 14.3 Å². The van der Waals surface area contributed by atoms with E-state index in [4.69, 9.17) is 24.3 Å². The summed E-state index contributed by atoms with van der Waals surface area (Å²) in [6.07, 6.45) is 41.0. The Morgan fingerprint density at radius 1 is 0.625 bits per heavy atom. The van der Waals surface area contributed by atoms with Crippen LogP contribution in [0.4, 0.5) is 0 Å². The Morgan fingerprint density at radius 2 is 1.06 bits per heavy atom. The van der Waals surface area contributed by atoms with Crippen LogP contribution >= 0.6 is 7.82 Å². The quantitative estimate of drug-likeness (QED) is 0.0216. The van der Waals surface area contributed by atoms with E-state index in [1.165, 1.54) is 109 Å². The molecule has 0 aliphatic rings. The molecule has 0 radical (unpaired) electrons. The van der Waals surface area contributed by atoms with E-state index in [2.05, 4.69) is 38.2 Å². The number of nitrogens with two attached hydrogens (primary N) is 1. The fraction of sp³-hybridized carbons (Fsp3) is 0.821. The first-order valence-electron chi connectivity index (χ1n) is 19.5. The molecule has 0 spiro atoms.